The predicted molar refractivity (Wildman–Crippen MR) is 64.6 cm³/mol. The van der Waals surface area contributed by atoms with Crippen LogP contribution in [0.25, 0.3) is 0 Å². The highest BCUT2D eigenvalue weighted by Crippen LogP contribution is 2.20. The van der Waals surface area contributed by atoms with Gasteiger partial charge in [0.25, 0.3) is 0 Å². The molecule has 1 aliphatic heterocycles. The fourth-order valence-corrected chi connectivity index (χ4v) is 2.29. The molecule has 2 N–H and O–H groups in total. The number of ether oxygens (including phenoxy) is 1. The van der Waals surface area contributed by atoms with Gasteiger partial charge in [-0.2, -0.15) is 0 Å². The number of anilines is 1. The zero-order valence-electron chi connectivity index (χ0n) is 9.70. The Morgan fingerprint density at radius 2 is 2.39 bits per heavy atom. The fraction of sp³-hybridized carbons (Fsp3) is 0.500. The van der Waals surface area contributed by atoms with Crippen molar-refractivity contribution >= 4 is 28.5 Å². The molecule has 2 rings (SSSR count). The maximum atomic E-state index is 11.9. The third-order valence-corrected chi connectivity index (χ3v) is 3.52. The number of carbonyl (C=O) groups is 2. The summed E-state index contributed by atoms with van der Waals surface area (Å²) in [5.41, 5.74) is 0. The first-order chi connectivity index (χ1) is 8.59. The molecule has 2 atom stereocenters. The Labute approximate surface area is 107 Å². The molecule has 7 nitrogen and oxygen atoms in total. The lowest BCUT2D eigenvalue weighted by Crippen LogP contribution is -2.45. The van der Waals surface area contributed by atoms with Gasteiger partial charge in [-0.25, -0.2) is 9.78 Å². The lowest BCUT2D eigenvalue weighted by Gasteiger charge is -2.25. The highest BCUT2D eigenvalue weighted by molar-refractivity contribution is 7.13. The van der Waals surface area contributed by atoms with Gasteiger partial charge in [-0.15, -0.1) is 11.3 Å². The minimum Gasteiger partial charge on any atom is -0.481 e. The molecule has 0 aliphatic carbocycles. The van der Waals surface area contributed by atoms with Gasteiger partial charge in [-0.05, 0) is 0 Å². The van der Waals surface area contributed by atoms with E-state index < -0.39 is 17.9 Å². The van der Waals surface area contributed by atoms with Crippen LogP contribution in [-0.4, -0.2) is 53.3 Å². The van der Waals surface area contributed by atoms with Crippen LogP contribution in [0, 0.1) is 5.92 Å². The zero-order valence-corrected chi connectivity index (χ0v) is 10.5. The Hall–Kier alpha value is -1.67. The lowest BCUT2D eigenvalue weighted by atomic mass is 10.0. The number of hydrogen-bond donors (Lipinski definition) is 2. The van der Waals surface area contributed by atoms with Crippen molar-refractivity contribution in [3.05, 3.63) is 11.6 Å². The maximum absolute atomic E-state index is 11.9. The summed E-state index contributed by atoms with van der Waals surface area (Å²) >= 11 is 1.30. The molecule has 0 bridgehead atoms. The van der Waals surface area contributed by atoms with Crippen LogP contribution >= 0.6 is 11.3 Å². The van der Waals surface area contributed by atoms with E-state index in [-0.39, 0.29) is 19.2 Å². The third kappa shape index (κ3) is 2.59. The molecule has 0 aromatic carbocycles. The molecular weight excluding hydrogens is 258 g/mol. The zero-order chi connectivity index (χ0) is 13.1. The minimum atomic E-state index is -0.952. The molecule has 18 heavy (non-hydrogen) atoms. The van der Waals surface area contributed by atoms with Crippen LogP contribution in [0.2, 0.25) is 0 Å². The Bertz CT molecular complexity index is 436. The second kappa shape index (κ2) is 5.32. The number of nitrogens with one attached hydrogen (secondary N) is 1. The Balaban J connectivity index is 1.99. The van der Waals surface area contributed by atoms with E-state index in [9.17, 15) is 9.59 Å². The smallest absolute Gasteiger partial charge is 0.323 e. The van der Waals surface area contributed by atoms with E-state index in [0.29, 0.717) is 5.13 Å². The van der Waals surface area contributed by atoms with Gasteiger partial charge in [0.1, 0.15) is 5.92 Å². The van der Waals surface area contributed by atoms with Crippen LogP contribution in [-0.2, 0) is 9.53 Å². The van der Waals surface area contributed by atoms with Gasteiger partial charge in [0.2, 0.25) is 0 Å². The molecule has 8 heteroatoms. The number of urea groups is 1. The summed E-state index contributed by atoms with van der Waals surface area (Å²) in [6, 6.07) is -0.839. The number of aromatic nitrogens is 1. The minimum absolute atomic E-state index is 0.134. The number of carboxylic acid groups (broad SMARTS) is 1. The number of aliphatic carboxylic acids is 1. The number of carbonyl (C=O) groups excluding carboxylic acids is 1. The van der Waals surface area contributed by atoms with Gasteiger partial charge >= 0.3 is 12.0 Å². The summed E-state index contributed by atoms with van der Waals surface area (Å²) < 4.78 is 5.12. The van der Waals surface area contributed by atoms with Gasteiger partial charge in [-0.1, -0.05) is 0 Å². The van der Waals surface area contributed by atoms with E-state index in [0.717, 1.165) is 0 Å². The van der Waals surface area contributed by atoms with E-state index in [4.69, 9.17) is 9.84 Å². The summed E-state index contributed by atoms with van der Waals surface area (Å²) in [4.78, 5) is 28.2. The first-order valence-corrected chi connectivity index (χ1v) is 6.21. The number of carboxylic acids is 1. The van der Waals surface area contributed by atoms with Gasteiger partial charge in [0, 0.05) is 18.6 Å². The van der Waals surface area contributed by atoms with Crippen molar-refractivity contribution in [1.29, 1.82) is 0 Å². The average Bonchev–Trinajstić information content (AvgIpc) is 2.97. The summed E-state index contributed by atoms with van der Waals surface area (Å²) in [7, 11) is 1.55. The first-order valence-electron chi connectivity index (χ1n) is 5.33. The standard InChI is InChI=1S/C10H13N3O4S/c1-13(7-5-17-4-6(7)8(14)15)10(16)12-9-11-2-3-18-9/h2-3,6-7H,4-5H2,1H3,(H,14,15)(H,11,12,16). The summed E-state index contributed by atoms with van der Waals surface area (Å²) in [6.45, 7) is 0.369. The topological polar surface area (TPSA) is 91.8 Å². The van der Waals surface area contributed by atoms with Gasteiger partial charge in [0.15, 0.2) is 5.13 Å². The highest BCUT2D eigenvalue weighted by atomic mass is 32.1. The molecule has 1 aliphatic rings. The quantitative estimate of drug-likeness (QED) is 0.844. The van der Waals surface area contributed by atoms with E-state index in [2.05, 4.69) is 10.3 Å². The molecular formula is C10H13N3O4S. The van der Waals surface area contributed by atoms with E-state index >= 15 is 0 Å². The van der Waals surface area contributed by atoms with Crippen LogP contribution < -0.4 is 5.32 Å². The van der Waals surface area contributed by atoms with Gasteiger partial charge < -0.3 is 14.7 Å². The second-order valence-corrected chi connectivity index (χ2v) is 4.82. The van der Waals surface area contributed by atoms with Crippen LogP contribution in [0.3, 0.4) is 0 Å². The first kappa shape index (κ1) is 12.8. The SMILES string of the molecule is CN(C(=O)Nc1nccs1)C1COCC1C(=O)O. The molecule has 0 spiro atoms. The Morgan fingerprint density at radius 1 is 1.61 bits per heavy atom. The van der Waals surface area contributed by atoms with E-state index in [1.807, 2.05) is 0 Å². The average molecular weight is 271 g/mol. The summed E-state index contributed by atoms with van der Waals surface area (Å²) in [5, 5.41) is 13.9. The molecule has 0 saturated carbocycles. The van der Waals surface area contributed by atoms with Crippen molar-refractivity contribution < 1.29 is 19.4 Å². The molecule has 2 amide bonds. The number of rotatable bonds is 3. The second-order valence-electron chi connectivity index (χ2n) is 3.93. The third-order valence-electron chi connectivity index (χ3n) is 2.83. The summed E-state index contributed by atoms with van der Waals surface area (Å²) in [5.74, 6) is -1.64. The number of likely N-dealkylation sites (N-methyl/N-ethyl adjacent to an activating group) is 1. The number of amides is 2. The van der Waals surface area contributed by atoms with E-state index in [1.54, 1.807) is 18.6 Å². The van der Waals surface area contributed by atoms with Crippen LogP contribution in [0.1, 0.15) is 0 Å². The molecule has 1 fully saturated rings. The molecule has 98 valence electrons. The van der Waals surface area contributed by atoms with Crippen LogP contribution in [0.4, 0.5) is 9.93 Å². The summed E-state index contributed by atoms with van der Waals surface area (Å²) in [6.07, 6.45) is 1.58. The number of hydrogen-bond acceptors (Lipinski definition) is 5. The molecule has 2 heterocycles. The molecule has 0 radical (unpaired) electrons. The van der Waals surface area contributed by atoms with Crippen molar-refractivity contribution in [2.45, 2.75) is 6.04 Å². The van der Waals surface area contributed by atoms with Crippen molar-refractivity contribution in [2.24, 2.45) is 5.92 Å². The van der Waals surface area contributed by atoms with E-state index in [1.165, 1.54) is 16.2 Å². The number of nitrogens with zero attached hydrogens (tertiary/aromatic N) is 2. The molecule has 1 saturated heterocycles. The van der Waals surface area contributed by atoms with Crippen molar-refractivity contribution in [3.8, 4) is 0 Å². The largest absolute Gasteiger partial charge is 0.481 e. The van der Waals surface area contributed by atoms with Crippen molar-refractivity contribution in [3.63, 3.8) is 0 Å². The molecule has 2 unspecified atom stereocenters. The Kier molecular flexibility index (Phi) is 3.78. The highest BCUT2D eigenvalue weighted by Gasteiger charge is 2.38. The lowest BCUT2D eigenvalue weighted by molar-refractivity contribution is -0.142. The predicted octanol–water partition coefficient (Wildman–Crippen LogP) is 0.706. The van der Waals surface area contributed by atoms with Crippen LogP contribution in [0.5, 0.6) is 0 Å². The maximum Gasteiger partial charge on any atom is 0.323 e. The van der Waals surface area contributed by atoms with Crippen LogP contribution in [0.15, 0.2) is 11.6 Å². The monoisotopic (exact) mass is 271 g/mol. The van der Waals surface area contributed by atoms with Crippen molar-refractivity contribution in [2.75, 3.05) is 25.6 Å². The van der Waals surface area contributed by atoms with Crippen molar-refractivity contribution in [1.82, 2.24) is 9.88 Å². The number of thiazole rings is 1. The van der Waals surface area contributed by atoms with Gasteiger partial charge in [0.05, 0.1) is 19.3 Å². The van der Waals surface area contributed by atoms with Gasteiger partial charge in [-0.3, -0.25) is 10.1 Å². The Morgan fingerprint density at radius 3 is 3.00 bits per heavy atom. The normalized spacial score (nSPS) is 22.7. The molecule has 1 aromatic heterocycles. The fourth-order valence-electron chi connectivity index (χ4n) is 1.78. The molecule has 1 aromatic rings.